The van der Waals surface area contributed by atoms with Crippen LogP contribution in [0.4, 0.5) is 5.69 Å². The second-order valence-corrected chi connectivity index (χ2v) is 7.39. The first-order valence-corrected chi connectivity index (χ1v) is 7.70. The number of hydrogen-bond acceptors (Lipinski definition) is 4. The quantitative estimate of drug-likeness (QED) is 0.722. The number of sulfonamides is 1. The molecule has 0 spiro atoms. The maximum Gasteiger partial charge on any atom is 0.243 e. The Labute approximate surface area is 113 Å². The molecule has 5 nitrogen and oxygen atoms in total. The molecular weight excluding hydrogens is 264 g/mol. The van der Waals surface area contributed by atoms with Gasteiger partial charge in [0.05, 0.1) is 11.8 Å². The lowest BCUT2D eigenvalue weighted by Gasteiger charge is -2.49. The zero-order chi connectivity index (χ0) is 14.4. The number of rotatable bonds is 3. The summed E-state index contributed by atoms with van der Waals surface area (Å²) in [4.78, 5) is 0.132. The Morgan fingerprint density at radius 2 is 2.05 bits per heavy atom. The highest BCUT2D eigenvalue weighted by atomic mass is 32.2. The van der Waals surface area contributed by atoms with Gasteiger partial charge in [0.25, 0.3) is 0 Å². The highest BCUT2D eigenvalue weighted by Crippen LogP contribution is 2.41. The molecule has 0 bridgehead atoms. The van der Waals surface area contributed by atoms with Crippen LogP contribution in [0.3, 0.4) is 0 Å². The summed E-state index contributed by atoms with van der Waals surface area (Å²) in [5.41, 5.74) is 6.17. The first kappa shape index (κ1) is 14.3. The van der Waals surface area contributed by atoms with Gasteiger partial charge in [-0.25, -0.2) is 13.1 Å². The average Bonchev–Trinajstić information content (AvgIpc) is 2.27. The molecule has 2 rings (SSSR count). The monoisotopic (exact) mass is 284 g/mol. The van der Waals surface area contributed by atoms with E-state index in [0.29, 0.717) is 12.0 Å². The van der Waals surface area contributed by atoms with Crippen molar-refractivity contribution in [1.29, 1.82) is 0 Å². The van der Waals surface area contributed by atoms with Crippen LogP contribution in [0.2, 0.25) is 0 Å². The fraction of sp³-hybridized carbons (Fsp3) is 0.538. The molecule has 1 saturated carbocycles. The minimum absolute atomic E-state index is 0.132. The van der Waals surface area contributed by atoms with Crippen molar-refractivity contribution in [2.75, 3.05) is 5.73 Å². The topological polar surface area (TPSA) is 92.4 Å². The van der Waals surface area contributed by atoms with Gasteiger partial charge in [-0.05, 0) is 25.0 Å². The van der Waals surface area contributed by atoms with Crippen LogP contribution in [0.15, 0.2) is 23.1 Å². The third-order valence-electron chi connectivity index (χ3n) is 4.02. The van der Waals surface area contributed by atoms with Crippen molar-refractivity contribution in [3.05, 3.63) is 23.8 Å². The first-order valence-electron chi connectivity index (χ1n) is 6.21. The smallest absolute Gasteiger partial charge is 0.243 e. The number of aryl methyl sites for hydroxylation is 1. The molecule has 2 atom stereocenters. The van der Waals surface area contributed by atoms with Crippen molar-refractivity contribution in [2.24, 2.45) is 5.41 Å². The maximum absolute atomic E-state index is 12.4. The molecule has 1 aromatic carbocycles. The molecule has 6 heteroatoms. The number of aliphatic hydroxyl groups is 1. The molecular formula is C13H20N2O3S. The summed E-state index contributed by atoms with van der Waals surface area (Å²) in [6.07, 6.45) is -0.0488. The summed E-state index contributed by atoms with van der Waals surface area (Å²) in [6, 6.07) is 4.74. The molecule has 1 aliphatic rings. The second kappa shape index (κ2) is 4.47. The van der Waals surface area contributed by atoms with E-state index < -0.39 is 21.5 Å². The Morgan fingerprint density at radius 3 is 2.53 bits per heavy atom. The molecule has 2 unspecified atom stereocenters. The van der Waals surface area contributed by atoms with Crippen LogP contribution in [-0.2, 0) is 10.0 Å². The Balaban J connectivity index is 2.30. The molecule has 0 saturated heterocycles. The van der Waals surface area contributed by atoms with E-state index in [9.17, 15) is 13.5 Å². The van der Waals surface area contributed by atoms with Gasteiger partial charge in [0.15, 0.2) is 0 Å². The van der Waals surface area contributed by atoms with Crippen LogP contribution < -0.4 is 10.5 Å². The van der Waals surface area contributed by atoms with Crippen LogP contribution >= 0.6 is 0 Å². The molecule has 0 heterocycles. The Hall–Kier alpha value is -1.11. The Morgan fingerprint density at radius 1 is 1.42 bits per heavy atom. The van der Waals surface area contributed by atoms with Crippen LogP contribution in [0.5, 0.6) is 0 Å². The number of nitrogen functional groups attached to an aromatic ring is 1. The standard InChI is InChI=1S/C13H20N2O3S/c1-8-5-4-6-9(14)12(8)19(17,18)15-10-7-11(16)13(10,2)3/h4-6,10-11,15-16H,7,14H2,1-3H3. The summed E-state index contributed by atoms with van der Waals surface area (Å²) < 4.78 is 27.4. The van der Waals surface area contributed by atoms with Gasteiger partial charge in [-0.3, -0.25) is 0 Å². The normalized spacial score (nSPS) is 25.9. The van der Waals surface area contributed by atoms with Gasteiger partial charge >= 0.3 is 0 Å². The van der Waals surface area contributed by atoms with Crippen molar-refractivity contribution in [3.63, 3.8) is 0 Å². The van der Waals surface area contributed by atoms with Gasteiger partial charge in [-0.2, -0.15) is 0 Å². The fourth-order valence-electron chi connectivity index (χ4n) is 2.39. The van der Waals surface area contributed by atoms with E-state index in [2.05, 4.69) is 4.72 Å². The summed E-state index contributed by atoms with van der Waals surface area (Å²) in [5.74, 6) is 0. The molecule has 106 valence electrons. The fourth-order valence-corrected chi connectivity index (χ4v) is 4.15. The van der Waals surface area contributed by atoms with Crippen LogP contribution in [0.25, 0.3) is 0 Å². The Bertz CT molecular complexity index is 576. The van der Waals surface area contributed by atoms with E-state index in [1.54, 1.807) is 25.1 Å². The zero-order valence-electron chi connectivity index (χ0n) is 11.3. The van der Waals surface area contributed by atoms with Gasteiger partial charge in [-0.15, -0.1) is 0 Å². The molecule has 1 aliphatic carbocycles. The summed E-state index contributed by atoms with van der Waals surface area (Å²) >= 11 is 0. The van der Waals surface area contributed by atoms with Gasteiger partial charge in [0.2, 0.25) is 10.0 Å². The highest BCUT2D eigenvalue weighted by Gasteiger charge is 2.49. The summed E-state index contributed by atoms with van der Waals surface area (Å²) in [7, 11) is -3.66. The van der Waals surface area contributed by atoms with E-state index in [0.717, 1.165) is 0 Å². The largest absolute Gasteiger partial charge is 0.398 e. The molecule has 0 aromatic heterocycles. The molecule has 1 aromatic rings. The van der Waals surface area contributed by atoms with Crippen LogP contribution in [-0.4, -0.2) is 25.7 Å². The number of nitrogens with two attached hydrogens (primary N) is 1. The van der Waals surface area contributed by atoms with Crippen LogP contribution in [0.1, 0.15) is 25.8 Å². The molecule has 0 radical (unpaired) electrons. The van der Waals surface area contributed by atoms with E-state index in [1.807, 2.05) is 13.8 Å². The lowest BCUT2D eigenvalue weighted by molar-refractivity contribution is -0.0645. The van der Waals surface area contributed by atoms with Crippen molar-refractivity contribution < 1.29 is 13.5 Å². The second-order valence-electron chi connectivity index (χ2n) is 5.74. The molecule has 1 fully saturated rings. The minimum Gasteiger partial charge on any atom is -0.398 e. The van der Waals surface area contributed by atoms with Crippen molar-refractivity contribution in [1.82, 2.24) is 4.72 Å². The van der Waals surface area contributed by atoms with Gasteiger partial charge in [0.1, 0.15) is 4.90 Å². The van der Waals surface area contributed by atoms with Crippen molar-refractivity contribution in [3.8, 4) is 0 Å². The lowest BCUT2D eigenvalue weighted by atomic mass is 9.65. The molecule has 19 heavy (non-hydrogen) atoms. The van der Waals surface area contributed by atoms with E-state index in [1.165, 1.54) is 0 Å². The van der Waals surface area contributed by atoms with Crippen molar-refractivity contribution >= 4 is 15.7 Å². The molecule has 0 aliphatic heterocycles. The SMILES string of the molecule is Cc1cccc(N)c1S(=O)(=O)NC1CC(O)C1(C)C. The number of anilines is 1. The average molecular weight is 284 g/mol. The third kappa shape index (κ3) is 2.35. The maximum atomic E-state index is 12.4. The molecule has 4 N–H and O–H groups in total. The zero-order valence-corrected chi connectivity index (χ0v) is 12.2. The van der Waals surface area contributed by atoms with Crippen molar-refractivity contribution in [2.45, 2.75) is 44.2 Å². The van der Waals surface area contributed by atoms with E-state index in [-0.39, 0.29) is 16.6 Å². The van der Waals surface area contributed by atoms with Gasteiger partial charge in [0, 0.05) is 11.5 Å². The third-order valence-corrected chi connectivity index (χ3v) is 5.71. The van der Waals surface area contributed by atoms with E-state index >= 15 is 0 Å². The predicted octanol–water partition coefficient (Wildman–Crippen LogP) is 1.01. The lowest BCUT2D eigenvalue weighted by Crippen LogP contribution is -2.61. The number of hydrogen-bond donors (Lipinski definition) is 3. The van der Waals surface area contributed by atoms with Gasteiger partial charge < -0.3 is 10.8 Å². The van der Waals surface area contributed by atoms with Crippen LogP contribution in [0, 0.1) is 12.3 Å². The highest BCUT2D eigenvalue weighted by molar-refractivity contribution is 7.89. The van der Waals surface area contributed by atoms with E-state index in [4.69, 9.17) is 5.73 Å². The minimum atomic E-state index is -3.66. The predicted molar refractivity (Wildman–Crippen MR) is 74.1 cm³/mol. The molecule has 0 amide bonds. The first-order chi connectivity index (χ1) is 8.66. The number of nitrogens with one attached hydrogen (secondary N) is 1. The summed E-state index contributed by atoms with van der Waals surface area (Å²) in [6.45, 7) is 5.40. The number of aliphatic hydroxyl groups excluding tert-OH is 1. The summed E-state index contributed by atoms with van der Waals surface area (Å²) in [5, 5.41) is 9.66. The Kier molecular flexibility index (Phi) is 3.36. The van der Waals surface area contributed by atoms with Gasteiger partial charge in [-0.1, -0.05) is 26.0 Å². The number of benzene rings is 1.